The van der Waals surface area contributed by atoms with Crippen LogP contribution >= 0.6 is 23.7 Å². The summed E-state index contributed by atoms with van der Waals surface area (Å²) < 4.78 is 0. The van der Waals surface area contributed by atoms with Gasteiger partial charge in [0.15, 0.2) is 0 Å². The van der Waals surface area contributed by atoms with Crippen molar-refractivity contribution in [3.8, 4) is 0 Å². The average molecular weight is 304 g/mol. The number of carbonyl (C=O) groups excluding carboxylic acids is 2. The van der Waals surface area contributed by atoms with Gasteiger partial charge in [-0.2, -0.15) is 11.3 Å². The number of nitrogens with zero attached hydrogens (tertiary/aromatic N) is 2. The Morgan fingerprint density at radius 1 is 1.26 bits per heavy atom. The molecular formula is C12H18ClN3O2S. The van der Waals surface area contributed by atoms with Crippen molar-refractivity contribution in [2.45, 2.75) is 13.0 Å². The molecule has 1 aliphatic heterocycles. The van der Waals surface area contributed by atoms with Crippen LogP contribution in [0.5, 0.6) is 0 Å². The van der Waals surface area contributed by atoms with Crippen molar-refractivity contribution >= 4 is 35.6 Å². The fourth-order valence-electron chi connectivity index (χ4n) is 1.99. The van der Waals surface area contributed by atoms with Crippen molar-refractivity contribution < 1.29 is 9.59 Å². The normalized spacial score (nSPS) is 16.7. The van der Waals surface area contributed by atoms with Crippen molar-refractivity contribution in [3.05, 3.63) is 22.4 Å². The first kappa shape index (κ1) is 15.9. The molecule has 2 heterocycles. The lowest BCUT2D eigenvalue weighted by Crippen LogP contribution is -2.53. The number of halogens is 1. The van der Waals surface area contributed by atoms with Gasteiger partial charge < -0.3 is 15.5 Å². The summed E-state index contributed by atoms with van der Waals surface area (Å²) in [5.41, 5.74) is 6.30. The summed E-state index contributed by atoms with van der Waals surface area (Å²) in [6.07, 6.45) is 0. The van der Waals surface area contributed by atoms with Crippen molar-refractivity contribution in [2.24, 2.45) is 5.73 Å². The van der Waals surface area contributed by atoms with E-state index >= 15 is 0 Å². The van der Waals surface area contributed by atoms with Crippen LogP contribution in [0.3, 0.4) is 0 Å². The van der Waals surface area contributed by atoms with Gasteiger partial charge in [-0.1, -0.05) is 0 Å². The molecule has 5 nitrogen and oxygen atoms in total. The zero-order valence-corrected chi connectivity index (χ0v) is 12.4. The maximum atomic E-state index is 12.1. The topological polar surface area (TPSA) is 66.6 Å². The first-order valence-corrected chi connectivity index (χ1v) is 6.89. The molecule has 0 aliphatic carbocycles. The standard InChI is InChI=1S/C12H17N3O2S.ClH/c1-9(13)11(16)14-3-5-15(6-4-14)12(17)10-2-7-18-8-10;/h2,7-9H,3-6,13H2,1H3;1H. The quantitative estimate of drug-likeness (QED) is 0.879. The smallest absolute Gasteiger partial charge is 0.254 e. The first-order chi connectivity index (χ1) is 8.59. The second kappa shape index (κ2) is 6.88. The van der Waals surface area contributed by atoms with Crippen molar-refractivity contribution in [1.82, 2.24) is 9.80 Å². The fourth-order valence-corrected chi connectivity index (χ4v) is 2.62. The number of piperazine rings is 1. The van der Waals surface area contributed by atoms with E-state index in [1.807, 2.05) is 16.8 Å². The zero-order chi connectivity index (χ0) is 13.1. The molecule has 1 atom stereocenters. The van der Waals surface area contributed by atoms with Crippen molar-refractivity contribution in [3.63, 3.8) is 0 Å². The summed E-state index contributed by atoms with van der Waals surface area (Å²) in [6.45, 7) is 3.97. The fraction of sp³-hybridized carbons (Fsp3) is 0.500. The third-order valence-corrected chi connectivity index (χ3v) is 3.72. The Bertz CT molecular complexity index is 428. The molecule has 2 N–H and O–H groups in total. The van der Waals surface area contributed by atoms with Crippen LogP contribution in [-0.4, -0.2) is 53.8 Å². The summed E-state index contributed by atoms with van der Waals surface area (Å²) in [6, 6.07) is 1.36. The third-order valence-electron chi connectivity index (χ3n) is 3.04. The maximum Gasteiger partial charge on any atom is 0.254 e. The third kappa shape index (κ3) is 3.68. The van der Waals surface area contributed by atoms with Crippen LogP contribution < -0.4 is 5.73 Å². The molecule has 1 aromatic rings. The summed E-state index contributed by atoms with van der Waals surface area (Å²) in [7, 11) is 0. The second-order valence-corrected chi connectivity index (χ2v) is 5.20. The van der Waals surface area contributed by atoms with E-state index < -0.39 is 6.04 Å². The van der Waals surface area contributed by atoms with E-state index in [1.54, 1.807) is 16.7 Å². The molecule has 2 rings (SSSR count). The molecule has 1 unspecified atom stereocenters. The second-order valence-electron chi connectivity index (χ2n) is 4.42. The van der Waals surface area contributed by atoms with Gasteiger partial charge >= 0.3 is 0 Å². The van der Waals surface area contributed by atoms with Gasteiger partial charge in [0.05, 0.1) is 11.6 Å². The highest BCUT2D eigenvalue weighted by molar-refractivity contribution is 7.08. The van der Waals surface area contributed by atoms with Crippen LogP contribution in [0, 0.1) is 0 Å². The average Bonchev–Trinajstić information content (AvgIpc) is 2.91. The largest absolute Gasteiger partial charge is 0.338 e. The van der Waals surface area contributed by atoms with Gasteiger partial charge in [-0.05, 0) is 18.4 Å². The lowest BCUT2D eigenvalue weighted by Gasteiger charge is -2.35. The molecule has 0 bridgehead atoms. The first-order valence-electron chi connectivity index (χ1n) is 5.95. The van der Waals surface area contributed by atoms with Gasteiger partial charge in [-0.25, -0.2) is 0 Å². The van der Waals surface area contributed by atoms with Crippen molar-refractivity contribution in [1.29, 1.82) is 0 Å². The molecule has 0 spiro atoms. The molecule has 1 aromatic heterocycles. The molecule has 0 radical (unpaired) electrons. The van der Waals surface area contributed by atoms with E-state index in [0.717, 1.165) is 5.56 Å². The highest BCUT2D eigenvalue weighted by atomic mass is 35.5. The molecule has 19 heavy (non-hydrogen) atoms. The van der Waals surface area contributed by atoms with Crippen LogP contribution in [0.15, 0.2) is 16.8 Å². The van der Waals surface area contributed by atoms with E-state index in [1.165, 1.54) is 11.3 Å². The van der Waals surface area contributed by atoms with Gasteiger partial charge in [0.25, 0.3) is 5.91 Å². The lowest BCUT2D eigenvalue weighted by molar-refractivity contribution is -0.133. The Balaban J connectivity index is 0.00000180. The predicted octanol–water partition coefficient (Wildman–Crippen LogP) is 0.802. The number of rotatable bonds is 2. The minimum atomic E-state index is -0.468. The van der Waals surface area contributed by atoms with E-state index in [-0.39, 0.29) is 24.2 Å². The molecular weight excluding hydrogens is 286 g/mol. The molecule has 1 aliphatic rings. The molecule has 1 saturated heterocycles. The van der Waals surface area contributed by atoms with Crippen LogP contribution in [-0.2, 0) is 4.79 Å². The molecule has 2 amide bonds. The SMILES string of the molecule is CC(N)C(=O)N1CCN(C(=O)c2ccsc2)CC1.Cl. The van der Waals surface area contributed by atoms with Crippen LogP contribution in [0.25, 0.3) is 0 Å². The van der Waals surface area contributed by atoms with Gasteiger partial charge in [0.1, 0.15) is 0 Å². The van der Waals surface area contributed by atoms with E-state index in [4.69, 9.17) is 5.73 Å². The van der Waals surface area contributed by atoms with Crippen LogP contribution in [0.2, 0.25) is 0 Å². The summed E-state index contributed by atoms with van der Waals surface area (Å²) in [5, 5.41) is 3.74. The van der Waals surface area contributed by atoms with Gasteiger partial charge in [0, 0.05) is 31.6 Å². The van der Waals surface area contributed by atoms with Crippen LogP contribution in [0.1, 0.15) is 17.3 Å². The number of hydrogen-bond acceptors (Lipinski definition) is 4. The monoisotopic (exact) mass is 303 g/mol. The number of carbonyl (C=O) groups is 2. The van der Waals surface area contributed by atoms with Gasteiger partial charge in [-0.3, -0.25) is 9.59 Å². The van der Waals surface area contributed by atoms with Gasteiger partial charge in [-0.15, -0.1) is 12.4 Å². The molecule has 106 valence electrons. The highest BCUT2D eigenvalue weighted by Gasteiger charge is 2.26. The molecule has 7 heteroatoms. The van der Waals surface area contributed by atoms with E-state index in [0.29, 0.717) is 26.2 Å². The number of amides is 2. The van der Waals surface area contributed by atoms with E-state index in [2.05, 4.69) is 0 Å². The number of nitrogens with two attached hydrogens (primary N) is 1. The van der Waals surface area contributed by atoms with Crippen molar-refractivity contribution in [2.75, 3.05) is 26.2 Å². The van der Waals surface area contributed by atoms with Crippen LogP contribution in [0.4, 0.5) is 0 Å². The lowest BCUT2D eigenvalue weighted by atomic mass is 10.2. The molecule has 1 fully saturated rings. The summed E-state index contributed by atoms with van der Waals surface area (Å²) >= 11 is 1.51. The zero-order valence-electron chi connectivity index (χ0n) is 10.7. The summed E-state index contributed by atoms with van der Waals surface area (Å²) in [4.78, 5) is 27.3. The Hall–Kier alpha value is -1.11. The van der Waals surface area contributed by atoms with Gasteiger partial charge in [0.2, 0.25) is 5.91 Å². The van der Waals surface area contributed by atoms with E-state index in [9.17, 15) is 9.59 Å². The maximum absolute atomic E-state index is 12.1. The Morgan fingerprint density at radius 2 is 1.84 bits per heavy atom. The highest BCUT2D eigenvalue weighted by Crippen LogP contribution is 2.12. The molecule has 0 saturated carbocycles. The summed E-state index contributed by atoms with van der Waals surface area (Å²) in [5.74, 6) is 0.00165. The minimum absolute atomic E-state index is 0. The minimum Gasteiger partial charge on any atom is -0.338 e. The Kier molecular flexibility index (Phi) is 5.78. The Labute approximate surface area is 122 Å². The number of thiophene rings is 1. The predicted molar refractivity (Wildman–Crippen MR) is 77.7 cm³/mol. The molecule has 0 aromatic carbocycles. The number of hydrogen-bond donors (Lipinski definition) is 1. The Morgan fingerprint density at radius 3 is 2.32 bits per heavy atom.